The highest BCUT2D eigenvalue weighted by Gasteiger charge is 2.18. The number of hydrazone groups is 1. The smallest absolute Gasteiger partial charge is 0.295 e. The monoisotopic (exact) mass is 332 g/mol. The zero-order valence-electron chi connectivity index (χ0n) is 12.2. The van der Waals surface area contributed by atoms with Crippen LogP contribution in [0.2, 0.25) is 0 Å². The molecule has 23 heavy (non-hydrogen) atoms. The molecule has 0 saturated heterocycles. The van der Waals surface area contributed by atoms with Gasteiger partial charge in [0.2, 0.25) is 5.91 Å². The summed E-state index contributed by atoms with van der Waals surface area (Å²) in [5.74, 6) is -0.995. The Morgan fingerprint density at radius 1 is 1.30 bits per heavy atom. The van der Waals surface area contributed by atoms with Crippen LogP contribution in [0.25, 0.3) is 11.3 Å². The quantitative estimate of drug-likeness (QED) is 0.880. The predicted octanol–water partition coefficient (Wildman–Crippen LogP) is 1.88. The summed E-state index contributed by atoms with van der Waals surface area (Å²) < 4.78 is 13.0. The van der Waals surface area contributed by atoms with Crippen LogP contribution in [-0.2, 0) is 9.59 Å². The maximum Gasteiger partial charge on any atom is 0.295 e. The van der Waals surface area contributed by atoms with Crippen LogP contribution in [0.4, 0.5) is 4.39 Å². The SMILES string of the molecule is Cc1s/c(=N\C(=O)C2=NNC(=O)CC2)[nH]c1-c1ccc(F)cc1. The summed E-state index contributed by atoms with van der Waals surface area (Å²) in [6.45, 7) is 1.89. The molecule has 0 saturated carbocycles. The van der Waals surface area contributed by atoms with Crippen molar-refractivity contribution in [1.29, 1.82) is 0 Å². The minimum absolute atomic E-state index is 0.210. The van der Waals surface area contributed by atoms with E-state index in [1.54, 1.807) is 12.1 Å². The molecule has 1 aliphatic heterocycles. The van der Waals surface area contributed by atoms with Crippen molar-refractivity contribution in [3.05, 3.63) is 39.8 Å². The summed E-state index contributed by atoms with van der Waals surface area (Å²) in [5, 5.41) is 3.73. The number of aromatic nitrogens is 1. The van der Waals surface area contributed by atoms with Gasteiger partial charge in [0, 0.05) is 17.7 Å². The second kappa shape index (κ2) is 6.25. The van der Waals surface area contributed by atoms with Gasteiger partial charge < -0.3 is 4.98 Å². The van der Waals surface area contributed by atoms with Gasteiger partial charge in [0.15, 0.2) is 4.80 Å². The molecule has 2 aromatic rings. The Kier molecular flexibility index (Phi) is 4.16. The molecule has 1 aromatic heterocycles. The molecule has 8 heteroatoms. The number of benzene rings is 1. The van der Waals surface area contributed by atoms with Crippen molar-refractivity contribution in [2.24, 2.45) is 10.1 Å². The first kappa shape index (κ1) is 15.3. The van der Waals surface area contributed by atoms with Gasteiger partial charge in [-0.1, -0.05) is 0 Å². The second-order valence-corrected chi connectivity index (χ2v) is 6.18. The molecule has 0 fully saturated rings. The first-order valence-electron chi connectivity index (χ1n) is 6.93. The van der Waals surface area contributed by atoms with Crippen LogP contribution in [0.5, 0.6) is 0 Å². The van der Waals surface area contributed by atoms with Crippen molar-refractivity contribution < 1.29 is 14.0 Å². The van der Waals surface area contributed by atoms with E-state index in [0.717, 1.165) is 16.1 Å². The highest BCUT2D eigenvalue weighted by Crippen LogP contribution is 2.22. The fourth-order valence-electron chi connectivity index (χ4n) is 2.14. The van der Waals surface area contributed by atoms with Gasteiger partial charge in [-0.05, 0) is 36.8 Å². The molecule has 6 nitrogen and oxygen atoms in total. The van der Waals surface area contributed by atoms with Crippen LogP contribution in [0.3, 0.4) is 0 Å². The number of halogens is 1. The van der Waals surface area contributed by atoms with Crippen LogP contribution in [0, 0.1) is 12.7 Å². The molecule has 118 valence electrons. The van der Waals surface area contributed by atoms with Gasteiger partial charge in [-0.25, -0.2) is 9.82 Å². The standard InChI is InChI=1S/C15H13FN4O2S/c1-8-13(9-2-4-10(16)5-3-9)17-15(23-8)18-14(22)11-6-7-12(21)20-19-11/h2-5H,6-7H2,1H3,(H,20,21)(H,17,18,22). The lowest BCUT2D eigenvalue weighted by atomic mass is 10.1. The number of aryl methyl sites for hydroxylation is 1. The lowest BCUT2D eigenvalue weighted by molar-refractivity contribution is -0.121. The van der Waals surface area contributed by atoms with Gasteiger partial charge in [-0.2, -0.15) is 10.1 Å². The number of carbonyl (C=O) groups excluding carboxylic acids is 2. The molecular formula is C15H13FN4O2S. The Morgan fingerprint density at radius 2 is 2.04 bits per heavy atom. The van der Waals surface area contributed by atoms with Gasteiger partial charge in [0.1, 0.15) is 11.5 Å². The van der Waals surface area contributed by atoms with E-state index in [4.69, 9.17) is 0 Å². The molecule has 1 aromatic carbocycles. The first-order chi connectivity index (χ1) is 11.0. The second-order valence-electron chi connectivity index (χ2n) is 4.98. The number of nitrogens with one attached hydrogen (secondary N) is 2. The number of nitrogens with zero attached hydrogens (tertiary/aromatic N) is 2. The van der Waals surface area contributed by atoms with E-state index in [-0.39, 0.29) is 30.3 Å². The molecule has 2 amide bonds. The number of aromatic amines is 1. The summed E-state index contributed by atoms with van der Waals surface area (Å²) in [4.78, 5) is 31.5. The fourth-order valence-corrected chi connectivity index (χ4v) is 2.99. The van der Waals surface area contributed by atoms with Crippen LogP contribution in [-0.4, -0.2) is 22.5 Å². The highest BCUT2D eigenvalue weighted by molar-refractivity contribution is 7.09. The van der Waals surface area contributed by atoms with E-state index in [1.165, 1.54) is 23.5 Å². The van der Waals surface area contributed by atoms with Gasteiger partial charge in [-0.15, -0.1) is 11.3 Å². The average Bonchev–Trinajstić information content (AvgIpc) is 2.89. The minimum Gasteiger partial charge on any atom is -0.330 e. The molecule has 0 atom stereocenters. The van der Waals surface area contributed by atoms with Crippen LogP contribution >= 0.6 is 11.3 Å². The van der Waals surface area contributed by atoms with Crippen LogP contribution in [0.1, 0.15) is 17.7 Å². The molecule has 0 aliphatic carbocycles. The summed E-state index contributed by atoms with van der Waals surface area (Å²) in [6.07, 6.45) is 0.511. The normalized spacial score (nSPS) is 15.3. The van der Waals surface area contributed by atoms with Gasteiger partial charge in [0.25, 0.3) is 5.91 Å². The lowest BCUT2D eigenvalue weighted by Gasteiger charge is -2.07. The molecule has 0 unspecified atom stereocenters. The number of rotatable bonds is 2. The van der Waals surface area contributed by atoms with Crippen LogP contribution < -0.4 is 10.2 Å². The van der Waals surface area contributed by atoms with Gasteiger partial charge >= 0.3 is 0 Å². The van der Waals surface area contributed by atoms with Crippen molar-refractivity contribution in [2.45, 2.75) is 19.8 Å². The maximum atomic E-state index is 13.0. The van der Waals surface area contributed by atoms with Gasteiger partial charge in [-0.3, -0.25) is 9.59 Å². The molecule has 2 N–H and O–H groups in total. The Labute approximate surface area is 134 Å². The largest absolute Gasteiger partial charge is 0.330 e. The topological polar surface area (TPSA) is 86.7 Å². The summed E-state index contributed by atoms with van der Waals surface area (Å²) in [6, 6.07) is 6.07. The Morgan fingerprint density at radius 3 is 2.70 bits per heavy atom. The molecule has 1 aliphatic rings. The predicted molar refractivity (Wildman–Crippen MR) is 84.2 cm³/mol. The van der Waals surface area contributed by atoms with Crippen molar-refractivity contribution in [2.75, 3.05) is 0 Å². The number of hydrogen-bond donors (Lipinski definition) is 2. The van der Waals surface area contributed by atoms with E-state index < -0.39 is 5.91 Å². The zero-order chi connectivity index (χ0) is 16.4. The Balaban J connectivity index is 1.89. The average molecular weight is 332 g/mol. The Bertz CT molecular complexity index is 864. The third-order valence-electron chi connectivity index (χ3n) is 3.32. The number of carbonyl (C=O) groups is 2. The molecule has 0 spiro atoms. The fraction of sp³-hybridized carbons (Fsp3) is 0.200. The van der Waals surface area contributed by atoms with Crippen molar-refractivity contribution in [3.8, 4) is 11.3 Å². The molecule has 2 heterocycles. The van der Waals surface area contributed by atoms with E-state index in [0.29, 0.717) is 4.80 Å². The van der Waals surface area contributed by atoms with Crippen molar-refractivity contribution >= 4 is 28.9 Å². The third-order valence-corrected chi connectivity index (χ3v) is 4.22. The number of thiazole rings is 1. The third kappa shape index (κ3) is 3.42. The summed E-state index contributed by atoms with van der Waals surface area (Å²) in [7, 11) is 0. The Hall–Kier alpha value is -2.61. The summed E-state index contributed by atoms with van der Waals surface area (Å²) >= 11 is 1.33. The lowest BCUT2D eigenvalue weighted by Crippen LogP contribution is -2.29. The van der Waals surface area contributed by atoms with E-state index in [1.807, 2.05) is 6.92 Å². The van der Waals surface area contributed by atoms with E-state index in [2.05, 4.69) is 20.5 Å². The van der Waals surface area contributed by atoms with Crippen LogP contribution in [0.15, 0.2) is 34.4 Å². The summed E-state index contributed by atoms with van der Waals surface area (Å²) in [5.41, 5.74) is 4.11. The van der Waals surface area contributed by atoms with Gasteiger partial charge in [0.05, 0.1) is 5.69 Å². The molecule has 3 rings (SSSR count). The minimum atomic E-state index is -0.479. The number of hydrogen-bond acceptors (Lipinski definition) is 4. The molecular weight excluding hydrogens is 319 g/mol. The van der Waals surface area contributed by atoms with E-state index >= 15 is 0 Å². The number of amides is 2. The van der Waals surface area contributed by atoms with E-state index in [9.17, 15) is 14.0 Å². The highest BCUT2D eigenvalue weighted by atomic mass is 32.1. The molecule has 0 bridgehead atoms. The van der Waals surface area contributed by atoms with Crippen molar-refractivity contribution in [1.82, 2.24) is 10.4 Å². The first-order valence-corrected chi connectivity index (χ1v) is 7.74. The molecule has 0 radical (unpaired) electrons. The number of H-pyrrole nitrogens is 1. The maximum absolute atomic E-state index is 13.0. The zero-order valence-corrected chi connectivity index (χ0v) is 13.0. The van der Waals surface area contributed by atoms with Crippen molar-refractivity contribution in [3.63, 3.8) is 0 Å².